The molecule has 0 bridgehead atoms. The second-order valence-corrected chi connectivity index (χ2v) is 10.3. The Morgan fingerprint density at radius 2 is 1.66 bits per heavy atom. The molecule has 4 rings (SSSR count). The summed E-state index contributed by atoms with van der Waals surface area (Å²) in [5.74, 6) is -2.42. The zero-order valence-electron chi connectivity index (χ0n) is 20.7. The average molecular weight is 534 g/mol. The smallest absolute Gasteiger partial charge is 0.317 e. The lowest BCUT2D eigenvalue weighted by Crippen LogP contribution is -2.52. The lowest BCUT2D eigenvalue weighted by atomic mass is 9.84. The number of amidine groups is 1. The molecule has 0 aliphatic carbocycles. The third kappa shape index (κ3) is 6.52. The molecule has 9 nitrogen and oxygen atoms in total. The Kier molecular flexibility index (Phi) is 9.01. The topological polar surface area (TPSA) is 157 Å². The molecule has 7 N–H and O–H groups in total. The minimum absolute atomic E-state index is 0.119. The fraction of sp³-hybridized carbons (Fsp3) is 0.286. The lowest BCUT2D eigenvalue weighted by Gasteiger charge is -2.30. The van der Waals surface area contributed by atoms with Gasteiger partial charge in [0.25, 0.3) is 0 Å². The van der Waals surface area contributed by atoms with Crippen molar-refractivity contribution in [3.8, 4) is 0 Å². The highest BCUT2D eigenvalue weighted by atomic mass is 32.1. The molecular formula is C28H31N5O4S. The maximum atomic E-state index is 14.0. The van der Waals surface area contributed by atoms with Crippen LogP contribution in [0.1, 0.15) is 45.7 Å². The number of carboxylic acids is 1. The SMILES string of the molecule is N=C(N)c1ccc(C(NC(=O)[C@H](NCC(=O)O)C(c2ccccc2)c2ccccc2)C(=O)[C@@H]2CCCN2)s1. The number of thiophene rings is 1. The summed E-state index contributed by atoms with van der Waals surface area (Å²) in [6, 6.07) is 19.8. The number of hydrogen-bond acceptors (Lipinski definition) is 7. The molecule has 38 heavy (non-hydrogen) atoms. The lowest BCUT2D eigenvalue weighted by molar-refractivity contribution is -0.136. The molecule has 1 aliphatic rings. The molecule has 2 aromatic carbocycles. The monoisotopic (exact) mass is 533 g/mol. The van der Waals surface area contributed by atoms with Crippen LogP contribution in [-0.4, -0.2) is 53.8 Å². The summed E-state index contributed by atoms with van der Waals surface area (Å²) >= 11 is 1.18. The van der Waals surface area contributed by atoms with E-state index >= 15 is 0 Å². The number of ketones is 1. The van der Waals surface area contributed by atoms with Gasteiger partial charge in [0.05, 0.1) is 23.5 Å². The molecular weight excluding hydrogens is 502 g/mol. The predicted molar refractivity (Wildman–Crippen MR) is 146 cm³/mol. The van der Waals surface area contributed by atoms with Gasteiger partial charge in [-0.3, -0.25) is 25.1 Å². The first kappa shape index (κ1) is 27.2. The second kappa shape index (κ2) is 12.6. The van der Waals surface area contributed by atoms with Crippen molar-refractivity contribution in [2.75, 3.05) is 13.1 Å². The minimum Gasteiger partial charge on any atom is -0.480 e. The highest BCUT2D eigenvalue weighted by Crippen LogP contribution is 2.31. The first-order valence-electron chi connectivity index (χ1n) is 12.4. The molecule has 0 spiro atoms. The van der Waals surface area contributed by atoms with Crippen LogP contribution in [-0.2, 0) is 14.4 Å². The van der Waals surface area contributed by atoms with E-state index in [0.717, 1.165) is 17.5 Å². The van der Waals surface area contributed by atoms with E-state index in [0.29, 0.717) is 22.7 Å². The number of nitrogens with two attached hydrogens (primary N) is 1. The van der Waals surface area contributed by atoms with Crippen LogP contribution in [0.5, 0.6) is 0 Å². The third-order valence-corrected chi connectivity index (χ3v) is 7.74. The van der Waals surface area contributed by atoms with Crippen molar-refractivity contribution < 1.29 is 19.5 Å². The number of carboxylic acid groups (broad SMARTS) is 1. The van der Waals surface area contributed by atoms with E-state index in [1.54, 1.807) is 12.1 Å². The number of Topliss-reactive ketones (excluding diaryl/α,β-unsaturated/α-hetero) is 1. The van der Waals surface area contributed by atoms with E-state index in [4.69, 9.17) is 11.1 Å². The standard InChI is InChI=1S/C28H31N5O4S/c29-27(30)21-14-13-20(38-21)24(26(36)19-12-7-15-31-19)33-28(37)25(32-16-22(34)35)23(17-8-3-1-4-9-17)18-10-5-2-6-11-18/h1-6,8-11,13-14,19,23-25,31-32H,7,12,15-16H2,(H3,29,30)(H,33,37)(H,34,35)/t19-,24?,25+/m0/s1. The molecule has 1 amide bonds. The van der Waals surface area contributed by atoms with Gasteiger partial charge in [-0.2, -0.15) is 0 Å². The van der Waals surface area contributed by atoms with Crippen LogP contribution in [0.15, 0.2) is 72.8 Å². The number of benzene rings is 2. The molecule has 0 saturated carbocycles. The summed E-state index contributed by atoms with van der Waals surface area (Å²) in [7, 11) is 0. The van der Waals surface area contributed by atoms with E-state index < -0.39 is 42.5 Å². The number of rotatable bonds is 12. The number of carbonyl (C=O) groups excluding carboxylic acids is 2. The van der Waals surface area contributed by atoms with Crippen molar-refractivity contribution in [2.45, 2.75) is 36.9 Å². The van der Waals surface area contributed by atoms with Gasteiger partial charge in [-0.05, 0) is 42.6 Å². The zero-order valence-corrected chi connectivity index (χ0v) is 21.5. The first-order valence-corrected chi connectivity index (χ1v) is 13.2. The van der Waals surface area contributed by atoms with Crippen molar-refractivity contribution in [3.63, 3.8) is 0 Å². The minimum atomic E-state index is -1.10. The Balaban J connectivity index is 1.72. The molecule has 3 aromatic rings. The highest BCUT2D eigenvalue weighted by Gasteiger charge is 2.37. The maximum Gasteiger partial charge on any atom is 0.317 e. The fourth-order valence-electron chi connectivity index (χ4n) is 4.75. The van der Waals surface area contributed by atoms with Crippen molar-refractivity contribution >= 4 is 34.8 Å². The third-order valence-electron chi connectivity index (χ3n) is 6.56. The second-order valence-electron chi connectivity index (χ2n) is 9.16. The summed E-state index contributed by atoms with van der Waals surface area (Å²) in [6.45, 7) is 0.275. The summed E-state index contributed by atoms with van der Waals surface area (Å²) in [5, 5.41) is 26.2. The van der Waals surface area contributed by atoms with Gasteiger partial charge in [-0.1, -0.05) is 60.7 Å². The number of amides is 1. The highest BCUT2D eigenvalue weighted by molar-refractivity contribution is 7.14. The molecule has 2 heterocycles. The number of nitrogen functional groups attached to an aromatic ring is 1. The normalized spacial score (nSPS) is 16.6. The molecule has 1 aliphatic heterocycles. The van der Waals surface area contributed by atoms with Crippen LogP contribution in [0.3, 0.4) is 0 Å². The van der Waals surface area contributed by atoms with Crippen LogP contribution >= 0.6 is 11.3 Å². The van der Waals surface area contributed by atoms with Crippen LogP contribution in [0, 0.1) is 5.41 Å². The van der Waals surface area contributed by atoms with Crippen LogP contribution in [0.4, 0.5) is 0 Å². The molecule has 3 atom stereocenters. The summed E-state index contributed by atoms with van der Waals surface area (Å²) in [5.41, 5.74) is 7.31. The molecule has 198 valence electrons. The van der Waals surface area contributed by atoms with E-state index in [1.807, 2.05) is 60.7 Å². The Morgan fingerprint density at radius 1 is 1.03 bits per heavy atom. The molecule has 1 aromatic heterocycles. The summed E-state index contributed by atoms with van der Waals surface area (Å²) in [4.78, 5) is 40.2. The Hall–Kier alpha value is -3.86. The molecule has 10 heteroatoms. The zero-order chi connectivity index (χ0) is 27.1. The van der Waals surface area contributed by atoms with Gasteiger partial charge < -0.3 is 21.5 Å². The molecule has 1 unspecified atom stereocenters. The van der Waals surface area contributed by atoms with Gasteiger partial charge in [0.15, 0.2) is 5.78 Å². The van der Waals surface area contributed by atoms with Crippen LogP contribution < -0.4 is 21.7 Å². The summed E-state index contributed by atoms with van der Waals surface area (Å²) < 4.78 is 0. The van der Waals surface area contributed by atoms with Gasteiger partial charge in [0.1, 0.15) is 11.9 Å². The number of aliphatic carboxylic acids is 1. The fourth-order valence-corrected chi connectivity index (χ4v) is 5.68. The first-order chi connectivity index (χ1) is 18.3. The number of nitrogens with one attached hydrogen (secondary N) is 4. The van der Waals surface area contributed by atoms with Gasteiger partial charge in [0, 0.05) is 10.8 Å². The summed E-state index contributed by atoms with van der Waals surface area (Å²) in [6.07, 6.45) is 1.51. The van der Waals surface area contributed by atoms with Gasteiger partial charge in [-0.25, -0.2) is 0 Å². The molecule has 0 radical (unpaired) electrons. The van der Waals surface area contributed by atoms with Crippen LogP contribution in [0.25, 0.3) is 0 Å². The van der Waals surface area contributed by atoms with Crippen molar-refractivity contribution in [1.29, 1.82) is 5.41 Å². The predicted octanol–water partition coefficient (Wildman–Crippen LogP) is 2.39. The number of hydrogen-bond donors (Lipinski definition) is 6. The van der Waals surface area contributed by atoms with Gasteiger partial charge >= 0.3 is 5.97 Å². The Morgan fingerprint density at radius 3 is 2.16 bits per heavy atom. The van der Waals surface area contributed by atoms with Crippen molar-refractivity contribution in [1.82, 2.24) is 16.0 Å². The van der Waals surface area contributed by atoms with E-state index in [9.17, 15) is 19.5 Å². The van der Waals surface area contributed by atoms with E-state index in [-0.39, 0.29) is 11.6 Å². The van der Waals surface area contributed by atoms with Crippen molar-refractivity contribution in [2.24, 2.45) is 5.73 Å². The van der Waals surface area contributed by atoms with Gasteiger partial charge in [-0.15, -0.1) is 11.3 Å². The Labute approximate surface area is 225 Å². The number of carbonyl (C=O) groups is 3. The van der Waals surface area contributed by atoms with Crippen LogP contribution in [0.2, 0.25) is 0 Å². The van der Waals surface area contributed by atoms with Gasteiger partial charge in [0.2, 0.25) is 5.91 Å². The van der Waals surface area contributed by atoms with E-state index in [2.05, 4.69) is 16.0 Å². The van der Waals surface area contributed by atoms with Crippen molar-refractivity contribution in [3.05, 3.63) is 93.7 Å². The Bertz CT molecular complexity index is 1240. The quantitative estimate of drug-likeness (QED) is 0.154. The maximum absolute atomic E-state index is 14.0. The average Bonchev–Trinajstić information content (AvgIpc) is 3.63. The van der Waals surface area contributed by atoms with E-state index in [1.165, 1.54) is 11.3 Å². The largest absolute Gasteiger partial charge is 0.480 e. The molecule has 1 fully saturated rings. The molecule has 1 saturated heterocycles.